The molecule has 0 saturated carbocycles. The molecule has 0 radical (unpaired) electrons. The van der Waals surface area contributed by atoms with Gasteiger partial charge in [0.2, 0.25) is 17.7 Å². The number of hydrogen-bond donors (Lipinski definition) is 2. The summed E-state index contributed by atoms with van der Waals surface area (Å²) in [7, 11) is 0. The standard InChI is InChI=1S/C15H17N3O3/c1-2-9-20-15-12(16)7-8-13(18-15)21-11-5-3-10(4-6-11)14(17)19/h3-8H,2,9,16H2,1H3,(H2,17,19). The zero-order valence-corrected chi connectivity index (χ0v) is 11.7. The molecule has 2 rings (SSSR count). The van der Waals surface area contributed by atoms with Crippen LogP contribution in [0, 0.1) is 0 Å². The first-order chi connectivity index (χ1) is 10.1. The van der Waals surface area contributed by atoms with Crippen molar-refractivity contribution < 1.29 is 14.3 Å². The molecule has 1 amide bonds. The van der Waals surface area contributed by atoms with Gasteiger partial charge >= 0.3 is 0 Å². The molecule has 0 spiro atoms. The molecule has 6 heteroatoms. The summed E-state index contributed by atoms with van der Waals surface area (Å²) in [4.78, 5) is 15.2. The zero-order chi connectivity index (χ0) is 15.2. The number of amides is 1. The molecule has 0 aliphatic carbocycles. The Hall–Kier alpha value is -2.76. The van der Waals surface area contributed by atoms with E-state index in [1.165, 1.54) is 0 Å². The molecule has 0 unspecified atom stereocenters. The van der Waals surface area contributed by atoms with Crippen molar-refractivity contribution in [3.8, 4) is 17.5 Å². The zero-order valence-electron chi connectivity index (χ0n) is 11.7. The summed E-state index contributed by atoms with van der Waals surface area (Å²) in [5, 5.41) is 0. The third-order valence-electron chi connectivity index (χ3n) is 2.67. The number of ether oxygens (including phenoxy) is 2. The minimum atomic E-state index is -0.484. The normalized spacial score (nSPS) is 10.1. The first kappa shape index (κ1) is 14.6. The number of nitrogen functional groups attached to an aromatic ring is 1. The third-order valence-corrected chi connectivity index (χ3v) is 2.67. The topological polar surface area (TPSA) is 100 Å². The van der Waals surface area contributed by atoms with Crippen molar-refractivity contribution in [2.24, 2.45) is 5.73 Å². The van der Waals surface area contributed by atoms with Gasteiger partial charge in [-0.3, -0.25) is 4.79 Å². The number of primary amides is 1. The van der Waals surface area contributed by atoms with E-state index in [4.69, 9.17) is 20.9 Å². The van der Waals surface area contributed by atoms with Gasteiger partial charge in [-0.25, -0.2) is 0 Å². The fourth-order valence-electron chi connectivity index (χ4n) is 1.61. The molecule has 0 aliphatic rings. The molecule has 1 aromatic heterocycles. The number of anilines is 1. The lowest BCUT2D eigenvalue weighted by Crippen LogP contribution is -2.10. The Morgan fingerprint density at radius 2 is 1.90 bits per heavy atom. The Morgan fingerprint density at radius 1 is 1.19 bits per heavy atom. The van der Waals surface area contributed by atoms with Crippen molar-refractivity contribution >= 4 is 11.6 Å². The molecule has 110 valence electrons. The van der Waals surface area contributed by atoms with Gasteiger partial charge in [0, 0.05) is 11.6 Å². The summed E-state index contributed by atoms with van der Waals surface area (Å²) in [6, 6.07) is 9.78. The van der Waals surface area contributed by atoms with E-state index in [-0.39, 0.29) is 0 Å². The van der Waals surface area contributed by atoms with Gasteiger partial charge in [-0.15, -0.1) is 0 Å². The molecule has 0 aliphatic heterocycles. The van der Waals surface area contributed by atoms with Crippen LogP contribution < -0.4 is 20.9 Å². The second kappa shape index (κ2) is 6.60. The Labute approximate surface area is 122 Å². The summed E-state index contributed by atoms with van der Waals surface area (Å²) in [5.74, 6) is 0.770. The Kier molecular flexibility index (Phi) is 4.61. The molecule has 0 saturated heterocycles. The minimum absolute atomic E-state index is 0.350. The quantitative estimate of drug-likeness (QED) is 0.849. The van der Waals surface area contributed by atoms with Crippen LogP contribution in [0.25, 0.3) is 0 Å². The SMILES string of the molecule is CCCOc1nc(Oc2ccc(C(N)=O)cc2)ccc1N. The average Bonchev–Trinajstić information content (AvgIpc) is 2.48. The van der Waals surface area contributed by atoms with E-state index in [9.17, 15) is 4.79 Å². The van der Waals surface area contributed by atoms with Gasteiger partial charge in [-0.2, -0.15) is 4.98 Å². The Bertz CT molecular complexity index is 627. The molecular weight excluding hydrogens is 270 g/mol. The van der Waals surface area contributed by atoms with E-state index in [0.29, 0.717) is 35.4 Å². The van der Waals surface area contributed by atoms with Crippen LogP contribution in [-0.4, -0.2) is 17.5 Å². The Morgan fingerprint density at radius 3 is 2.52 bits per heavy atom. The highest BCUT2D eigenvalue weighted by Gasteiger charge is 2.07. The van der Waals surface area contributed by atoms with Gasteiger partial charge in [0.1, 0.15) is 5.75 Å². The Balaban J connectivity index is 2.13. The molecule has 6 nitrogen and oxygen atoms in total. The monoisotopic (exact) mass is 287 g/mol. The second-order valence-electron chi connectivity index (χ2n) is 4.38. The summed E-state index contributed by atoms with van der Waals surface area (Å²) in [6.45, 7) is 2.53. The first-order valence-corrected chi connectivity index (χ1v) is 6.57. The van der Waals surface area contributed by atoms with Crippen LogP contribution in [0.1, 0.15) is 23.7 Å². The maximum Gasteiger partial charge on any atom is 0.248 e. The molecule has 21 heavy (non-hydrogen) atoms. The smallest absolute Gasteiger partial charge is 0.248 e. The molecule has 1 heterocycles. The summed E-state index contributed by atoms with van der Waals surface area (Å²) < 4.78 is 11.0. The van der Waals surface area contributed by atoms with E-state index in [2.05, 4.69) is 4.98 Å². The predicted molar refractivity (Wildman–Crippen MR) is 79.5 cm³/mol. The number of hydrogen-bond acceptors (Lipinski definition) is 5. The van der Waals surface area contributed by atoms with Crippen LogP contribution in [0.4, 0.5) is 5.69 Å². The second-order valence-corrected chi connectivity index (χ2v) is 4.38. The first-order valence-electron chi connectivity index (χ1n) is 6.57. The number of pyridine rings is 1. The molecule has 1 aromatic carbocycles. The van der Waals surface area contributed by atoms with Crippen LogP contribution >= 0.6 is 0 Å². The van der Waals surface area contributed by atoms with Gasteiger partial charge in [-0.1, -0.05) is 6.92 Å². The van der Waals surface area contributed by atoms with Crippen molar-refractivity contribution in [1.29, 1.82) is 0 Å². The summed E-state index contributed by atoms with van der Waals surface area (Å²) in [5.41, 5.74) is 11.8. The van der Waals surface area contributed by atoms with Crippen LogP contribution in [0.5, 0.6) is 17.5 Å². The molecule has 0 fully saturated rings. The number of carbonyl (C=O) groups is 1. The van der Waals surface area contributed by atoms with Crippen LogP contribution in [0.2, 0.25) is 0 Å². The number of nitrogens with zero attached hydrogens (tertiary/aromatic N) is 1. The summed E-state index contributed by atoms with van der Waals surface area (Å²) in [6.07, 6.45) is 0.862. The molecule has 4 N–H and O–H groups in total. The number of benzene rings is 1. The predicted octanol–water partition coefficient (Wildman–Crippen LogP) is 2.34. The van der Waals surface area contributed by atoms with Crippen molar-refractivity contribution in [2.45, 2.75) is 13.3 Å². The van der Waals surface area contributed by atoms with Crippen LogP contribution in [0.3, 0.4) is 0 Å². The van der Waals surface area contributed by atoms with Gasteiger partial charge in [0.05, 0.1) is 12.3 Å². The van der Waals surface area contributed by atoms with E-state index < -0.39 is 5.91 Å². The highest BCUT2D eigenvalue weighted by atomic mass is 16.5. The summed E-state index contributed by atoms with van der Waals surface area (Å²) >= 11 is 0. The average molecular weight is 287 g/mol. The highest BCUT2D eigenvalue weighted by molar-refractivity contribution is 5.92. The fourth-order valence-corrected chi connectivity index (χ4v) is 1.61. The van der Waals surface area contributed by atoms with Crippen molar-refractivity contribution in [3.05, 3.63) is 42.0 Å². The van der Waals surface area contributed by atoms with Crippen molar-refractivity contribution in [1.82, 2.24) is 4.98 Å². The van der Waals surface area contributed by atoms with Gasteiger partial charge < -0.3 is 20.9 Å². The van der Waals surface area contributed by atoms with Crippen LogP contribution in [0.15, 0.2) is 36.4 Å². The van der Waals surface area contributed by atoms with E-state index >= 15 is 0 Å². The number of carbonyl (C=O) groups excluding carboxylic acids is 1. The number of nitrogens with two attached hydrogens (primary N) is 2. The van der Waals surface area contributed by atoms with E-state index in [1.807, 2.05) is 6.92 Å². The van der Waals surface area contributed by atoms with E-state index in [0.717, 1.165) is 6.42 Å². The number of rotatable bonds is 6. The lowest BCUT2D eigenvalue weighted by atomic mass is 10.2. The molecule has 0 atom stereocenters. The maximum absolute atomic E-state index is 11.0. The van der Waals surface area contributed by atoms with Crippen LogP contribution in [-0.2, 0) is 0 Å². The molecule has 2 aromatic rings. The maximum atomic E-state index is 11.0. The van der Waals surface area contributed by atoms with Crippen molar-refractivity contribution in [2.75, 3.05) is 12.3 Å². The van der Waals surface area contributed by atoms with Gasteiger partial charge in [0.15, 0.2) is 0 Å². The van der Waals surface area contributed by atoms with E-state index in [1.54, 1.807) is 36.4 Å². The van der Waals surface area contributed by atoms with Crippen molar-refractivity contribution in [3.63, 3.8) is 0 Å². The fraction of sp³-hybridized carbons (Fsp3) is 0.200. The third kappa shape index (κ3) is 3.85. The van der Waals surface area contributed by atoms with Gasteiger partial charge in [0.25, 0.3) is 0 Å². The minimum Gasteiger partial charge on any atom is -0.476 e. The lowest BCUT2D eigenvalue weighted by Gasteiger charge is -2.09. The lowest BCUT2D eigenvalue weighted by molar-refractivity contribution is 0.100. The van der Waals surface area contributed by atoms with Gasteiger partial charge in [-0.05, 0) is 36.8 Å². The largest absolute Gasteiger partial charge is 0.476 e. The highest BCUT2D eigenvalue weighted by Crippen LogP contribution is 2.26. The molecular formula is C15H17N3O3. The molecule has 0 bridgehead atoms. The number of aromatic nitrogens is 1.